The number of rotatable bonds is 6. The minimum atomic E-state index is 0.488. The van der Waals surface area contributed by atoms with E-state index < -0.39 is 0 Å². The number of nitrogens with zero attached hydrogens (tertiary/aromatic N) is 2. The van der Waals surface area contributed by atoms with E-state index in [2.05, 4.69) is 27.0 Å². The van der Waals surface area contributed by atoms with Crippen molar-refractivity contribution in [1.29, 1.82) is 5.26 Å². The molecule has 2 aromatic rings. The van der Waals surface area contributed by atoms with Gasteiger partial charge in [-0.05, 0) is 58.3 Å². The third-order valence-corrected chi connectivity index (χ3v) is 3.66. The predicted molar refractivity (Wildman–Crippen MR) is 94.2 cm³/mol. The molecule has 1 heterocycles. The zero-order chi connectivity index (χ0) is 16.7. The molecule has 0 spiro atoms. The summed E-state index contributed by atoms with van der Waals surface area (Å²) < 4.78 is 11.9. The quantitative estimate of drug-likeness (QED) is 0.689. The van der Waals surface area contributed by atoms with Crippen molar-refractivity contribution in [3.05, 3.63) is 52.3 Å². The molecular weight excluding hydrogens is 356 g/mol. The second-order valence-electron chi connectivity index (χ2n) is 4.77. The number of allylic oxidation sites excluding steroid dienone is 1. The van der Waals surface area contributed by atoms with E-state index in [1.807, 2.05) is 31.2 Å². The molecule has 0 fully saturated rings. The molecule has 118 valence electrons. The van der Waals surface area contributed by atoms with Gasteiger partial charge in [0.25, 0.3) is 0 Å². The van der Waals surface area contributed by atoms with Gasteiger partial charge in [-0.3, -0.25) is 4.98 Å². The Kier molecular flexibility index (Phi) is 6.19. The van der Waals surface area contributed by atoms with Crippen molar-refractivity contribution in [1.82, 2.24) is 4.98 Å². The van der Waals surface area contributed by atoms with E-state index in [0.717, 1.165) is 16.5 Å². The summed E-state index contributed by atoms with van der Waals surface area (Å²) in [6.45, 7) is 2.66. The Hall–Kier alpha value is -2.32. The summed E-state index contributed by atoms with van der Waals surface area (Å²) in [6.07, 6.45) is 4.35. The molecule has 5 heteroatoms. The van der Waals surface area contributed by atoms with Gasteiger partial charge in [-0.15, -0.1) is 0 Å². The Labute approximate surface area is 144 Å². The van der Waals surface area contributed by atoms with Crippen LogP contribution in [0.1, 0.15) is 24.6 Å². The lowest BCUT2D eigenvalue weighted by atomic mass is 10.1. The molecule has 23 heavy (non-hydrogen) atoms. The average Bonchev–Trinajstić information content (AvgIpc) is 2.59. The molecule has 1 aromatic heterocycles. The molecule has 4 nitrogen and oxygen atoms in total. The molecule has 0 aliphatic rings. The van der Waals surface area contributed by atoms with Crippen molar-refractivity contribution >= 4 is 27.6 Å². The summed E-state index contributed by atoms with van der Waals surface area (Å²) in [5, 5.41) is 9.38. The van der Waals surface area contributed by atoms with Gasteiger partial charge < -0.3 is 9.47 Å². The molecule has 0 radical (unpaired) electrons. The Balaban J connectivity index is 2.42. The van der Waals surface area contributed by atoms with Crippen LogP contribution in [0.2, 0.25) is 0 Å². The fourth-order valence-corrected chi connectivity index (χ4v) is 2.59. The molecule has 0 amide bonds. The van der Waals surface area contributed by atoms with Gasteiger partial charge in [0.05, 0.1) is 29.5 Å². The van der Waals surface area contributed by atoms with Crippen LogP contribution < -0.4 is 9.47 Å². The number of aromatic nitrogens is 1. The first kappa shape index (κ1) is 17.0. The van der Waals surface area contributed by atoms with Crippen LogP contribution in [-0.2, 0) is 0 Å². The van der Waals surface area contributed by atoms with E-state index in [0.29, 0.717) is 29.4 Å². The highest BCUT2D eigenvalue weighted by molar-refractivity contribution is 9.10. The van der Waals surface area contributed by atoms with Gasteiger partial charge >= 0.3 is 0 Å². The topological polar surface area (TPSA) is 55.1 Å². The number of benzene rings is 1. The predicted octanol–water partition coefficient (Wildman–Crippen LogP) is 4.71. The first-order valence-corrected chi connectivity index (χ1v) is 8.02. The molecule has 0 unspecified atom stereocenters. The average molecular weight is 373 g/mol. The van der Waals surface area contributed by atoms with Crippen molar-refractivity contribution in [2.45, 2.75) is 13.3 Å². The molecule has 0 saturated heterocycles. The summed E-state index contributed by atoms with van der Waals surface area (Å²) in [7, 11) is 1.60. The second-order valence-corrected chi connectivity index (χ2v) is 5.62. The highest BCUT2D eigenvalue weighted by atomic mass is 79.9. The molecule has 0 aliphatic heterocycles. The van der Waals surface area contributed by atoms with Gasteiger partial charge in [-0.25, -0.2) is 0 Å². The third-order valence-electron chi connectivity index (χ3n) is 3.07. The Morgan fingerprint density at radius 2 is 2.22 bits per heavy atom. The first-order valence-electron chi connectivity index (χ1n) is 7.23. The summed E-state index contributed by atoms with van der Waals surface area (Å²) in [6, 6.07) is 11.4. The van der Waals surface area contributed by atoms with Crippen molar-refractivity contribution in [3.8, 4) is 17.6 Å². The fourth-order valence-electron chi connectivity index (χ4n) is 2.02. The SMILES string of the molecule is CCCOc1c(Br)cc(/C=C(\C#N)c2ccccn2)cc1OC. The van der Waals surface area contributed by atoms with Crippen LogP contribution in [0.3, 0.4) is 0 Å². The Morgan fingerprint density at radius 3 is 2.83 bits per heavy atom. The van der Waals surface area contributed by atoms with Gasteiger partial charge in [0.15, 0.2) is 11.5 Å². The number of hydrogen-bond donors (Lipinski definition) is 0. The maximum absolute atomic E-state index is 9.38. The minimum absolute atomic E-state index is 0.488. The molecular formula is C18H17BrN2O2. The number of pyridine rings is 1. The highest BCUT2D eigenvalue weighted by Gasteiger charge is 2.12. The largest absolute Gasteiger partial charge is 0.493 e. The van der Waals surface area contributed by atoms with Gasteiger partial charge in [0.2, 0.25) is 0 Å². The maximum Gasteiger partial charge on any atom is 0.175 e. The van der Waals surface area contributed by atoms with E-state index in [-0.39, 0.29) is 0 Å². The van der Waals surface area contributed by atoms with Crippen LogP contribution in [0.5, 0.6) is 11.5 Å². The smallest absolute Gasteiger partial charge is 0.175 e. The van der Waals surface area contributed by atoms with Crippen LogP contribution in [0.4, 0.5) is 0 Å². The molecule has 0 saturated carbocycles. The minimum Gasteiger partial charge on any atom is -0.493 e. The van der Waals surface area contributed by atoms with Crippen LogP contribution in [0.25, 0.3) is 11.6 Å². The summed E-state index contributed by atoms with van der Waals surface area (Å²) in [4.78, 5) is 4.21. The van der Waals surface area contributed by atoms with E-state index in [1.165, 1.54) is 0 Å². The van der Waals surface area contributed by atoms with Gasteiger partial charge in [-0.2, -0.15) is 5.26 Å². The normalized spacial score (nSPS) is 11.0. The van der Waals surface area contributed by atoms with Crippen molar-refractivity contribution in [2.24, 2.45) is 0 Å². The molecule has 1 aromatic carbocycles. The van der Waals surface area contributed by atoms with E-state index in [4.69, 9.17) is 9.47 Å². The van der Waals surface area contributed by atoms with Crippen LogP contribution >= 0.6 is 15.9 Å². The highest BCUT2D eigenvalue weighted by Crippen LogP contribution is 2.37. The van der Waals surface area contributed by atoms with Crippen LogP contribution in [0, 0.1) is 11.3 Å². The maximum atomic E-state index is 9.38. The number of nitriles is 1. The monoisotopic (exact) mass is 372 g/mol. The molecule has 0 bridgehead atoms. The Bertz CT molecular complexity index is 737. The second kappa shape index (κ2) is 8.35. The summed E-state index contributed by atoms with van der Waals surface area (Å²) in [5.74, 6) is 1.29. The molecule has 2 rings (SSSR count). The lowest BCUT2D eigenvalue weighted by molar-refractivity contribution is 0.292. The number of methoxy groups -OCH3 is 1. The lowest BCUT2D eigenvalue weighted by Gasteiger charge is -2.13. The first-order chi connectivity index (χ1) is 11.2. The van der Waals surface area contributed by atoms with Gasteiger partial charge in [-0.1, -0.05) is 13.0 Å². The van der Waals surface area contributed by atoms with Crippen molar-refractivity contribution in [2.75, 3.05) is 13.7 Å². The zero-order valence-electron chi connectivity index (χ0n) is 13.0. The Morgan fingerprint density at radius 1 is 1.39 bits per heavy atom. The molecule has 0 aliphatic carbocycles. The zero-order valence-corrected chi connectivity index (χ0v) is 14.6. The summed E-state index contributed by atoms with van der Waals surface area (Å²) in [5.41, 5.74) is 1.96. The molecule has 0 N–H and O–H groups in total. The van der Waals surface area contributed by atoms with Crippen molar-refractivity contribution < 1.29 is 9.47 Å². The number of halogens is 1. The van der Waals surface area contributed by atoms with Crippen molar-refractivity contribution in [3.63, 3.8) is 0 Å². The third kappa shape index (κ3) is 4.33. The summed E-state index contributed by atoms with van der Waals surface area (Å²) >= 11 is 3.50. The lowest BCUT2D eigenvalue weighted by Crippen LogP contribution is -1.99. The fraction of sp³-hybridized carbons (Fsp3) is 0.222. The number of hydrogen-bond acceptors (Lipinski definition) is 4. The standard InChI is InChI=1S/C18H17BrN2O2/c1-3-8-23-18-15(19)10-13(11-17(18)22-2)9-14(12-20)16-6-4-5-7-21-16/h4-7,9-11H,3,8H2,1-2H3/b14-9+. The van der Waals surface area contributed by atoms with Gasteiger partial charge in [0.1, 0.15) is 6.07 Å². The van der Waals surface area contributed by atoms with Crippen LogP contribution in [-0.4, -0.2) is 18.7 Å². The molecule has 0 atom stereocenters. The van der Waals surface area contributed by atoms with E-state index >= 15 is 0 Å². The van der Waals surface area contributed by atoms with E-state index in [9.17, 15) is 5.26 Å². The van der Waals surface area contributed by atoms with Crippen LogP contribution in [0.15, 0.2) is 41.0 Å². The number of ether oxygens (including phenoxy) is 2. The van der Waals surface area contributed by atoms with E-state index in [1.54, 1.807) is 25.4 Å². The van der Waals surface area contributed by atoms with Gasteiger partial charge in [0, 0.05) is 6.20 Å².